The fourth-order valence-electron chi connectivity index (χ4n) is 14.6. The Kier molecular flexibility index (Phi) is 10.8. The fourth-order valence-corrected chi connectivity index (χ4v) is 14.6. The molecule has 0 bridgehead atoms. The molecule has 0 fully saturated rings. The summed E-state index contributed by atoms with van der Waals surface area (Å²) in [5.41, 5.74) is 21.4. The molecule has 416 valence electrons. The van der Waals surface area contributed by atoms with Crippen LogP contribution in [0.2, 0.25) is 0 Å². The highest BCUT2D eigenvalue weighted by Gasteiger charge is 2.49. The molecule has 89 heavy (non-hydrogen) atoms. The average molecular weight is 1140 g/mol. The lowest BCUT2D eigenvalue weighted by molar-refractivity contribution is 0.411. The van der Waals surface area contributed by atoms with Crippen LogP contribution >= 0.6 is 0 Å². The van der Waals surface area contributed by atoms with Crippen molar-refractivity contribution in [1.29, 1.82) is 0 Å². The molecule has 9 nitrogen and oxygen atoms in total. The van der Waals surface area contributed by atoms with E-state index in [0.29, 0.717) is 17.2 Å². The van der Waals surface area contributed by atoms with E-state index < -0.39 is 0 Å². The van der Waals surface area contributed by atoms with Crippen LogP contribution in [-0.4, -0.2) is 13.4 Å². The van der Waals surface area contributed by atoms with Crippen molar-refractivity contribution >= 4 is 132 Å². The van der Waals surface area contributed by atoms with Crippen molar-refractivity contribution < 1.29 is 18.9 Å². The average Bonchev–Trinajstić information content (AvgIpc) is 0.731. The van der Waals surface area contributed by atoms with E-state index in [1.54, 1.807) is 0 Å². The lowest BCUT2D eigenvalue weighted by Gasteiger charge is -2.45. The highest BCUT2D eigenvalue weighted by atomic mass is 16.5. The minimum Gasteiger partial charge on any atom is -0.458 e. The number of benzene rings is 13. The molecule has 6 aliphatic heterocycles. The Hall–Kier alpha value is -11.8. The van der Waals surface area contributed by atoms with Gasteiger partial charge in [0.1, 0.15) is 22.9 Å². The van der Waals surface area contributed by atoms with Gasteiger partial charge in [-0.2, -0.15) is 0 Å². The van der Waals surface area contributed by atoms with E-state index in [9.17, 15) is 0 Å². The summed E-state index contributed by atoms with van der Waals surface area (Å²) in [6.45, 7) is -0.564. The lowest BCUT2D eigenvalue weighted by Crippen LogP contribution is -2.63. The van der Waals surface area contributed by atoms with Crippen LogP contribution in [0.5, 0.6) is 46.0 Å². The molecule has 0 spiro atoms. The fraction of sp³-hybridized carbons (Fsp3) is 0. The number of ether oxygens (including phenoxy) is 4. The van der Waals surface area contributed by atoms with Crippen LogP contribution in [0.4, 0.5) is 85.3 Å². The summed E-state index contributed by atoms with van der Waals surface area (Å²) >= 11 is 0. The first-order valence-corrected chi connectivity index (χ1v) is 30.2. The summed E-state index contributed by atoms with van der Waals surface area (Å²) in [7, 11) is 0. The maximum atomic E-state index is 7.71. The maximum absolute atomic E-state index is 7.71. The summed E-state index contributed by atoms with van der Waals surface area (Å²) in [4.78, 5) is 11.9. The van der Waals surface area contributed by atoms with E-state index in [4.69, 9.17) is 18.9 Å². The molecule has 0 radical (unpaired) electrons. The first kappa shape index (κ1) is 49.5. The Bertz CT molecular complexity index is 4950. The molecule has 13 aromatic carbocycles. The molecule has 0 aliphatic carbocycles. The van der Waals surface area contributed by atoms with E-state index in [-0.39, 0.29) is 13.4 Å². The summed E-state index contributed by atoms with van der Waals surface area (Å²) in [6, 6.07) is 106. The minimum atomic E-state index is -0.340. The number of rotatable bonds is 8. The first-order chi connectivity index (χ1) is 44.2. The summed E-state index contributed by atoms with van der Waals surface area (Å²) in [5.74, 6) is 5.85. The molecule has 0 atom stereocenters. The molecule has 0 unspecified atom stereocenters. The summed E-state index contributed by atoms with van der Waals surface area (Å²) in [6.07, 6.45) is 0. The van der Waals surface area contributed by atoms with Crippen LogP contribution in [-0.2, 0) is 0 Å². The highest BCUT2D eigenvalue weighted by molar-refractivity contribution is 7.02. The Morgan fingerprint density at radius 3 is 1.21 bits per heavy atom. The Morgan fingerprint density at radius 1 is 0.236 bits per heavy atom. The van der Waals surface area contributed by atoms with Crippen LogP contribution in [0.3, 0.4) is 0 Å². The van der Waals surface area contributed by atoms with E-state index >= 15 is 0 Å². The standard InChI is InChI=1S/C78H49B2N5O4/c1-7-24-50(25-8-1)81(51-26-9-2-10-27-51)56-44-66-74-72(46-56)86-68-38-21-19-36-58(68)79(74)60-48-61-65(49-64(60)83(66)54-32-15-5-16-33-54)84(55-34-17-6-18-35-55)67-45-57(82(52-28-11-3-12-29-52)53-30-13-4-14-31-53)47-73-75(67)80(61)59-42-43-63-78(77(59)89-73)88-71-41-23-40-70-76(71)85(63)62-37-20-22-39-69(62)87-70/h1-49H. The Balaban J connectivity index is 0.908. The van der Waals surface area contributed by atoms with Gasteiger partial charge in [0.15, 0.2) is 28.7 Å². The summed E-state index contributed by atoms with van der Waals surface area (Å²) < 4.78 is 28.8. The molecule has 13 aromatic rings. The quantitative estimate of drug-likeness (QED) is 0.139. The topological polar surface area (TPSA) is 53.1 Å². The second-order valence-corrected chi connectivity index (χ2v) is 23.1. The van der Waals surface area contributed by atoms with Crippen molar-refractivity contribution in [1.82, 2.24) is 0 Å². The van der Waals surface area contributed by atoms with Crippen molar-refractivity contribution in [2.24, 2.45) is 0 Å². The molecule has 0 amide bonds. The number of para-hydroxylation sites is 10. The predicted octanol–water partition coefficient (Wildman–Crippen LogP) is 17.1. The molecule has 0 saturated heterocycles. The molecule has 11 heteroatoms. The van der Waals surface area contributed by atoms with Crippen molar-refractivity contribution in [2.45, 2.75) is 0 Å². The second kappa shape index (κ2) is 19.4. The van der Waals surface area contributed by atoms with E-state index in [0.717, 1.165) is 147 Å². The lowest BCUT2D eigenvalue weighted by atomic mass is 9.31. The highest BCUT2D eigenvalue weighted by Crippen LogP contribution is 2.62. The van der Waals surface area contributed by atoms with Gasteiger partial charge in [-0.1, -0.05) is 158 Å². The number of anilines is 15. The van der Waals surface area contributed by atoms with Gasteiger partial charge >= 0.3 is 0 Å². The van der Waals surface area contributed by atoms with E-state index in [1.807, 2.05) is 30.3 Å². The van der Waals surface area contributed by atoms with Gasteiger partial charge in [-0.25, -0.2) is 0 Å². The molecule has 6 aliphatic rings. The minimum absolute atomic E-state index is 0.224. The third-order valence-electron chi connectivity index (χ3n) is 18.2. The van der Waals surface area contributed by atoms with Crippen LogP contribution in [0.15, 0.2) is 297 Å². The van der Waals surface area contributed by atoms with Crippen molar-refractivity contribution in [3.05, 3.63) is 297 Å². The zero-order valence-corrected chi connectivity index (χ0v) is 47.8. The molecular formula is C78H49B2N5O4. The summed E-state index contributed by atoms with van der Waals surface area (Å²) in [5, 5.41) is 0. The molecular weight excluding hydrogens is 1090 g/mol. The monoisotopic (exact) mass is 1140 g/mol. The molecule has 6 heterocycles. The van der Waals surface area contributed by atoms with E-state index in [2.05, 4.69) is 291 Å². The van der Waals surface area contributed by atoms with Gasteiger partial charge in [0, 0.05) is 69.0 Å². The zero-order valence-electron chi connectivity index (χ0n) is 47.8. The molecule has 0 saturated carbocycles. The largest absolute Gasteiger partial charge is 0.458 e. The molecule has 0 aromatic heterocycles. The van der Waals surface area contributed by atoms with Gasteiger partial charge in [0.2, 0.25) is 0 Å². The number of hydrogen-bond donors (Lipinski definition) is 0. The van der Waals surface area contributed by atoms with Gasteiger partial charge in [0.05, 0.1) is 22.7 Å². The maximum Gasteiger partial charge on any atom is 0.256 e. The van der Waals surface area contributed by atoms with Gasteiger partial charge in [-0.3, -0.25) is 4.90 Å². The number of nitrogens with zero attached hydrogens (tertiary/aromatic N) is 5. The van der Waals surface area contributed by atoms with E-state index in [1.165, 1.54) is 0 Å². The van der Waals surface area contributed by atoms with Crippen LogP contribution in [0.25, 0.3) is 0 Å². The van der Waals surface area contributed by atoms with Crippen LogP contribution < -0.4 is 76.2 Å². The van der Waals surface area contributed by atoms with Crippen LogP contribution in [0.1, 0.15) is 0 Å². The third-order valence-corrected chi connectivity index (χ3v) is 18.2. The zero-order chi connectivity index (χ0) is 58.3. The second-order valence-electron chi connectivity index (χ2n) is 23.1. The smallest absolute Gasteiger partial charge is 0.256 e. The van der Waals surface area contributed by atoms with Gasteiger partial charge in [-0.05, 0) is 160 Å². The van der Waals surface area contributed by atoms with Crippen LogP contribution in [0, 0.1) is 0 Å². The van der Waals surface area contributed by atoms with Gasteiger partial charge < -0.3 is 38.5 Å². The SMILES string of the molecule is c1ccc(N(c2ccccc2)c2cc3c4c(c2)N(c2ccccc2)c2cc5c(cc2B4c2ccccc2O3)B2c3ccc4c(c3Oc3cc(N(c6ccccc6)c6ccccc6)cc(c32)N5c2ccccc2)Oc2cccc3c2N4c2ccccc2O3)cc1. The molecule has 19 rings (SSSR count). The molecule has 0 N–H and O–H groups in total. The van der Waals surface area contributed by atoms with Crippen molar-refractivity contribution in [2.75, 3.05) is 24.5 Å². The van der Waals surface area contributed by atoms with Gasteiger partial charge in [0.25, 0.3) is 13.4 Å². The predicted molar refractivity (Wildman–Crippen MR) is 362 cm³/mol. The number of hydrogen-bond acceptors (Lipinski definition) is 9. The number of fused-ring (bicyclic) bond motifs is 13. The first-order valence-electron chi connectivity index (χ1n) is 30.2. The van der Waals surface area contributed by atoms with Crippen molar-refractivity contribution in [3.8, 4) is 46.0 Å². The van der Waals surface area contributed by atoms with Crippen molar-refractivity contribution in [3.63, 3.8) is 0 Å². The third kappa shape index (κ3) is 7.45. The Labute approximate surface area is 515 Å². The Morgan fingerprint density at radius 2 is 0.663 bits per heavy atom. The normalized spacial score (nSPS) is 13.4. The van der Waals surface area contributed by atoms with Gasteiger partial charge in [-0.15, -0.1) is 0 Å².